The highest BCUT2D eigenvalue weighted by atomic mass is 35.5. The predicted molar refractivity (Wildman–Crippen MR) is 128 cm³/mol. The summed E-state index contributed by atoms with van der Waals surface area (Å²) in [5.41, 5.74) is 1.89. The molecule has 0 bridgehead atoms. The molecular formula is C25H22ClNO5S. The number of ketones is 1. The fraction of sp³-hybridized carbons (Fsp3) is 0.200. The molecule has 1 amide bonds. The van der Waals surface area contributed by atoms with Gasteiger partial charge in [0.25, 0.3) is 11.7 Å². The van der Waals surface area contributed by atoms with Crippen molar-refractivity contribution in [2.45, 2.75) is 19.5 Å². The molecule has 1 aliphatic rings. The number of likely N-dealkylation sites (tertiary alicyclic amines) is 1. The first kappa shape index (κ1) is 22.9. The van der Waals surface area contributed by atoms with Crippen molar-refractivity contribution in [1.29, 1.82) is 0 Å². The van der Waals surface area contributed by atoms with E-state index < -0.39 is 17.7 Å². The lowest BCUT2D eigenvalue weighted by atomic mass is 9.94. The number of methoxy groups -OCH3 is 2. The van der Waals surface area contributed by atoms with Crippen molar-refractivity contribution in [1.82, 2.24) is 4.90 Å². The van der Waals surface area contributed by atoms with Gasteiger partial charge in [0.2, 0.25) is 0 Å². The zero-order valence-electron chi connectivity index (χ0n) is 18.3. The van der Waals surface area contributed by atoms with E-state index in [9.17, 15) is 14.7 Å². The number of aliphatic hydroxyl groups excluding tert-OH is 1. The van der Waals surface area contributed by atoms with Crippen molar-refractivity contribution in [2.75, 3.05) is 14.2 Å². The van der Waals surface area contributed by atoms with Crippen LogP contribution in [-0.2, 0) is 16.1 Å². The number of nitrogens with zero attached hydrogens (tertiary/aromatic N) is 1. The maximum Gasteiger partial charge on any atom is 0.295 e. The first-order chi connectivity index (χ1) is 15.8. The predicted octanol–water partition coefficient (Wildman–Crippen LogP) is 5.35. The Morgan fingerprint density at radius 1 is 1.09 bits per heavy atom. The molecule has 2 heterocycles. The van der Waals surface area contributed by atoms with E-state index in [1.54, 1.807) is 0 Å². The highest BCUT2D eigenvalue weighted by Gasteiger charge is 2.46. The Balaban J connectivity index is 1.93. The number of rotatable bonds is 6. The third-order valence-corrected chi connectivity index (χ3v) is 6.69. The average Bonchev–Trinajstić information content (AvgIpc) is 3.41. The Bertz CT molecular complexity index is 1250. The lowest BCUT2D eigenvalue weighted by Gasteiger charge is -2.25. The van der Waals surface area contributed by atoms with E-state index in [4.69, 9.17) is 21.1 Å². The molecule has 0 spiro atoms. The first-order valence-corrected chi connectivity index (χ1v) is 11.4. The summed E-state index contributed by atoms with van der Waals surface area (Å²) in [6.45, 7) is 2.18. The number of aryl methyl sites for hydroxylation is 1. The first-order valence-electron chi connectivity index (χ1n) is 10.1. The summed E-state index contributed by atoms with van der Waals surface area (Å²) in [7, 11) is 2.90. The van der Waals surface area contributed by atoms with Crippen molar-refractivity contribution in [3.8, 4) is 11.5 Å². The summed E-state index contributed by atoms with van der Waals surface area (Å²) < 4.78 is 10.6. The molecule has 1 atom stereocenters. The van der Waals surface area contributed by atoms with Gasteiger partial charge >= 0.3 is 0 Å². The highest BCUT2D eigenvalue weighted by Crippen LogP contribution is 2.43. The molecule has 0 saturated carbocycles. The fourth-order valence-corrected chi connectivity index (χ4v) is 4.93. The molecule has 1 N–H and O–H groups in total. The van der Waals surface area contributed by atoms with Crippen LogP contribution in [0.5, 0.6) is 11.5 Å². The Kier molecular flexibility index (Phi) is 6.44. The monoisotopic (exact) mass is 483 g/mol. The molecule has 8 heteroatoms. The molecule has 33 heavy (non-hydrogen) atoms. The molecule has 4 rings (SSSR count). The average molecular weight is 484 g/mol. The van der Waals surface area contributed by atoms with Crippen molar-refractivity contribution < 1.29 is 24.2 Å². The van der Waals surface area contributed by atoms with Gasteiger partial charge in [-0.05, 0) is 30.0 Å². The van der Waals surface area contributed by atoms with Crippen LogP contribution in [-0.4, -0.2) is 35.9 Å². The van der Waals surface area contributed by atoms with Gasteiger partial charge in [0.05, 0.1) is 43.0 Å². The topological polar surface area (TPSA) is 76.1 Å². The SMILES string of the molecule is COc1cc(OC)c(/C(O)=C2\C(=O)C(=O)N(Cc3cccs3)C2c2cccc(C)c2)cc1Cl. The largest absolute Gasteiger partial charge is 0.507 e. The van der Waals surface area contributed by atoms with Gasteiger partial charge < -0.3 is 19.5 Å². The zero-order chi connectivity index (χ0) is 23.7. The Morgan fingerprint density at radius 3 is 2.48 bits per heavy atom. The van der Waals surface area contributed by atoms with Crippen LogP contribution in [0.15, 0.2) is 59.5 Å². The van der Waals surface area contributed by atoms with Crippen LogP contribution in [0.25, 0.3) is 5.76 Å². The summed E-state index contributed by atoms with van der Waals surface area (Å²) in [4.78, 5) is 28.8. The van der Waals surface area contributed by atoms with Crippen LogP contribution in [0, 0.1) is 6.92 Å². The quantitative estimate of drug-likeness (QED) is 0.290. The van der Waals surface area contributed by atoms with Crippen LogP contribution in [0.4, 0.5) is 0 Å². The van der Waals surface area contributed by atoms with Crippen LogP contribution >= 0.6 is 22.9 Å². The number of hydrogen-bond acceptors (Lipinski definition) is 6. The van der Waals surface area contributed by atoms with Gasteiger partial charge in [-0.3, -0.25) is 9.59 Å². The number of amides is 1. The lowest BCUT2D eigenvalue weighted by Crippen LogP contribution is -2.28. The summed E-state index contributed by atoms with van der Waals surface area (Å²) in [6, 6.07) is 13.6. The van der Waals surface area contributed by atoms with Crippen LogP contribution < -0.4 is 9.47 Å². The minimum Gasteiger partial charge on any atom is -0.507 e. The molecule has 1 saturated heterocycles. The number of benzene rings is 2. The third kappa shape index (κ3) is 4.21. The number of carbonyl (C=O) groups is 2. The van der Waals surface area contributed by atoms with Crippen molar-refractivity contribution >= 4 is 40.4 Å². The molecule has 1 aliphatic heterocycles. The number of Topliss-reactive ketones (excluding diaryl/α,β-unsaturated/α-hetero) is 1. The van der Waals surface area contributed by atoms with Gasteiger partial charge in [0, 0.05) is 10.9 Å². The van der Waals surface area contributed by atoms with Gasteiger partial charge in [-0.2, -0.15) is 0 Å². The Labute approximate surface area is 200 Å². The molecular weight excluding hydrogens is 462 g/mol. The van der Waals surface area contributed by atoms with E-state index in [0.717, 1.165) is 16.0 Å². The minimum absolute atomic E-state index is 0.0123. The zero-order valence-corrected chi connectivity index (χ0v) is 19.9. The van der Waals surface area contributed by atoms with Crippen LogP contribution in [0.1, 0.15) is 27.6 Å². The number of ether oxygens (including phenoxy) is 2. The number of aliphatic hydroxyl groups is 1. The lowest BCUT2D eigenvalue weighted by molar-refractivity contribution is -0.140. The summed E-state index contributed by atoms with van der Waals surface area (Å²) in [5, 5.41) is 13.5. The van der Waals surface area contributed by atoms with E-state index in [1.165, 1.54) is 42.6 Å². The van der Waals surface area contributed by atoms with E-state index in [0.29, 0.717) is 5.75 Å². The number of hydrogen-bond donors (Lipinski definition) is 1. The smallest absolute Gasteiger partial charge is 0.295 e. The fourth-order valence-electron chi connectivity index (χ4n) is 3.99. The van der Waals surface area contributed by atoms with Gasteiger partial charge in [0.1, 0.15) is 17.3 Å². The number of thiophene rings is 1. The Morgan fingerprint density at radius 2 is 1.85 bits per heavy atom. The molecule has 0 aliphatic carbocycles. The number of carbonyl (C=O) groups excluding carboxylic acids is 2. The van der Waals surface area contributed by atoms with E-state index >= 15 is 0 Å². The molecule has 170 valence electrons. The molecule has 2 aromatic carbocycles. The summed E-state index contributed by atoms with van der Waals surface area (Å²) >= 11 is 7.79. The van der Waals surface area contributed by atoms with E-state index in [1.807, 2.05) is 48.7 Å². The number of halogens is 1. The molecule has 1 aromatic heterocycles. The van der Waals surface area contributed by atoms with Gasteiger partial charge in [-0.15, -0.1) is 11.3 Å². The van der Waals surface area contributed by atoms with E-state index in [2.05, 4.69) is 0 Å². The molecule has 1 unspecified atom stereocenters. The normalized spacial score (nSPS) is 17.5. The summed E-state index contributed by atoms with van der Waals surface area (Å²) in [5.74, 6) is -1.16. The van der Waals surface area contributed by atoms with E-state index in [-0.39, 0.29) is 34.2 Å². The Hall–Kier alpha value is -3.29. The molecule has 3 aromatic rings. The van der Waals surface area contributed by atoms with Crippen molar-refractivity contribution in [3.63, 3.8) is 0 Å². The summed E-state index contributed by atoms with van der Waals surface area (Å²) in [6.07, 6.45) is 0. The second-order valence-corrected chi connectivity index (χ2v) is 9.05. The second-order valence-electron chi connectivity index (χ2n) is 7.61. The van der Waals surface area contributed by atoms with Crippen LogP contribution in [0.2, 0.25) is 5.02 Å². The standard InChI is InChI=1S/C25H22ClNO5S/c1-14-6-4-7-15(10-14)22-21(24(29)25(30)27(22)13-16-8-5-9-33-16)23(28)17-11-18(26)20(32-3)12-19(17)31-2/h4-12,22,28H,13H2,1-3H3/b23-21+. The third-order valence-electron chi connectivity index (χ3n) is 5.53. The van der Waals surface area contributed by atoms with Gasteiger partial charge in [-0.25, -0.2) is 0 Å². The van der Waals surface area contributed by atoms with Crippen molar-refractivity contribution in [2.24, 2.45) is 0 Å². The van der Waals surface area contributed by atoms with Crippen LogP contribution in [0.3, 0.4) is 0 Å². The minimum atomic E-state index is -0.766. The second kappa shape index (κ2) is 9.29. The molecule has 6 nitrogen and oxygen atoms in total. The highest BCUT2D eigenvalue weighted by molar-refractivity contribution is 7.09. The molecule has 1 fully saturated rings. The maximum absolute atomic E-state index is 13.2. The molecule has 0 radical (unpaired) electrons. The van der Waals surface area contributed by atoms with Gasteiger partial charge in [0.15, 0.2) is 0 Å². The van der Waals surface area contributed by atoms with Crippen molar-refractivity contribution in [3.05, 3.63) is 86.1 Å². The van der Waals surface area contributed by atoms with Gasteiger partial charge in [-0.1, -0.05) is 47.5 Å². The maximum atomic E-state index is 13.2.